The minimum Gasteiger partial charge on any atom is -0.508 e. The first kappa shape index (κ1) is 13.0. The lowest BCUT2D eigenvalue weighted by atomic mass is 10.2. The number of rotatable bonds is 6. The topological polar surface area (TPSA) is 43.7 Å². The van der Waals surface area contributed by atoms with Crippen LogP contribution in [0.25, 0.3) is 0 Å². The average molecular weight is 242 g/mol. The molecule has 0 spiro atoms. The Balaban J connectivity index is 2.79. The maximum atomic E-state index is 9.68. The maximum absolute atomic E-state index is 9.68. The molecule has 1 rings (SSSR count). The van der Waals surface area contributed by atoms with Crippen LogP contribution >= 0.6 is 11.6 Å². The fourth-order valence-electron chi connectivity index (χ4n) is 1.49. The van der Waals surface area contributed by atoms with Gasteiger partial charge < -0.3 is 10.2 Å². The predicted molar refractivity (Wildman–Crippen MR) is 65.7 cm³/mol. The molecule has 0 bridgehead atoms. The van der Waals surface area contributed by atoms with Crippen LogP contribution in [0.15, 0.2) is 30.9 Å². The van der Waals surface area contributed by atoms with Gasteiger partial charge in [0, 0.05) is 30.2 Å². The Morgan fingerprint density at radius 2 is 2.19 bits per heavy atom. The van der Waals surface area contributed by atoms with Gasteiger partial charge in [-0.3, -0.25) is 4.90 Å². The van der Waals surface area contributed by atoms with E-state index in [-0.39, 0.29) is 12.4 Å². The first-order chi connectivity index (χ1) is 7.69. The van der Waals surface area contributed by atoms with Gasteiger partial charge in [0.15, 0.2) is 0 Å². The molecule has 0 amide bonds. The quantitative estimate of drug-likeness (QED) is 0.749. The summed E-state index contributed by atoms with van der Waals surface area (Å²) in [6.07, 6.45) is 1.75. The Bertz CT molecular complexity index is 335. The van der Waals surface area contributed by atoms with Gasteiger partial charge in [-0.2, -0.15) is 0 Å². The van der Waals surface area contributed by atoms with E-state index in [1.165, 1.54) is 0 Å². The van der Waals surface area contributed by atoms with Crippen LogP contribution < -0.4 is 0 Å². The minimum absolute atomic E-state index is 0.0685. The van der Waals surface area contributed by atoms with Crippen molar-refractivity contribution in [1.82, 2.24) is 4.90 Å². The molecule has 3 nitrogen and oxygen atoms in total. The monoisotopic (exact) mass is 241 g/mol. The van der Waals surface area contributed by atoms with E-state index in [9.17, 15) is 5.11 Å². The molecule has 2 N–H and O–H groups in total. The molecule has 88 valence electrons. The molecule has 16 heavy (non-hydrogen) atoms. The summed E-state index contributed by atoms with van der Waals surface area (Å²) in [4.78, 5) is 1.95. The highest BCUT2D eigenvalue weighted by molar-refractivity contribution is 6.31. The Morgan fingerprint density at radius 3 is 2.75 bits per heavy atom. The van der Waals surface area contributed by atoms with Gasteiger partial charge in [0.2, 0.25) is 0 Å². The summed E-state index contributed by atoms with van der Waals surface area (Å²) in [5.41, 5.74) is 0.680. The third-order valence-corrected chi connectivity index (χ3v) is 2.63. The molecule has 0 aromatic heterocycles. The van der Waals surface area contributed by atoms with Gasteiger partial charge in [-0.1, -0.05) is 23.7 Å². The molecule has 0 aliphatic carbocycles. The van der Waals surface area contributed by atoms with E-state index in [1.54, 1.807) is 24.3 Å². The summed E-state index contributed by atoms with van der Waals surface area (Å²) in [5.74, 6) is 0.180. The number of aromatic hydroxyl groups is 1. The number of benzene rings is 1. The van der Waals surface area contributed by atoms with Crippen LogP contribution in [0.3, 0.4) is 0 Å². The zero-order valence-corrected chi connectivity index (χ0v) is 9.82. The van der Waals surface area contributed by atoms with Crippen LogP contribution in [0.4, 0.5) is 0 Å². The average Bonchev–Trinajstić information content (AvgIpc) is 2.24. The van der Waals surface area contributed by atoms with Gasteiger partial charge in [0.05, 0.1) is 6.61 Å². The number of aliphatic hydroxyl groups excluding tert-OH is 1. The van der Waals surface area contributed by atoms with E-state index in [1.807, 2.05) is 4.90 Å². The molecule has 0 heterocycles. The molecule has 1 aromatic rings. The lowest BCUT2D eigenvalue weighted by molar-refractivity contribution is 0.202. The van der Waals surface area contributed by atoms with Gasteiger partial charge in [-0.25, -0.2) is 0 Å². The van der Waals surface area contributed by atoms with Crippen molar-refractivity contribution < 1.29 is 10.2 Å². The van der Waals surface area contributed by atoms with E-state index < -0.39 is 0 Å². The summed E-state index contributed by atoms with van der Waals surface area (Å²) in [6, 6.07) is 5.04. The smallest absolute Gasteiger partial charge is 0.121 e. The first-order valence-corrected chi connectivity index (χ1v) is 5.47. The van der Waals surface area contributed by atoms with Gasteiger partial charge >= 0.3 is 0 Å². The normalized spacial score (nSPS) is 10.7. The van der Waals surface area contributed by atoms with Gasteiger partial charge in [-0.05, 0) is 12.1 Å². The molecule has 0 unspecified atom stereocenters. The SMILES string of the molecule is C=CCN(CCO)Cc1c(O)cccc1Cl. The highest BCUT2D eigenvalue weighted by Crippen LogP contribution is 2.26. The summed E-state index contributed by atoms with van der Waals surface area (Å²) in [7, 11) is 0. The van der Waals surface area contributed by atoms with Crippen molar-refractivity contribution in [3.63, 3.8) is 0 Å². The largest absolute Gasteiger partial charge is 0.508 e. The van der Waals surface area contributed by atoms with Crippen LogP contribution in [0, 0.1) is 0 Å². The molecule has 0 atom stereocenters. The van der Waals surface area contributed by atoms with Crippen molar-refractivity contribution in [3.8, 4) is 5.75 Å². The highest BCUT2D eigenvalue weighted by atomic mass is 35.5. The maximum Gasteiger partial charge on any atom is 0.121 e. The van der Waals surface area contributed by atoms with Crippen LogP contribution in [0.1, 0.15) is 5.56 Å². The Morgan fingerprint density at radius 1 is 1.44 bits per heavy atom. The van der Waals surface area contributed by atoms with E-state index in [4.69, 9.17) is 16.7 Å². The third-order valence-electron chi connectivity index (χ3n) is 2.28. The van der Waals surface area contributed by atoms with Gasteiger partial charge in [-0.15, -0.1) is 6.58 Å². The predicted octanol–water partition coefficient (Wildman–Crippen LogP) is 2.03. The molecule has 0 saturated carbocycles. The fraction of sp³-hybridized carbons (Fsp3) is 0.333. The lowest BCUT2D eigenvalue weighted by Crippen LogP contribution is -2.26. The summed E-state index contributed by atoms with van der Waals surface area (Å²) < 4.78 is 0. The van der Waals surface area contributed by atoms with Crippen molar-refractivity contribution in [2.75, 3.05) is 19.7 Å². The molecule has 0 aliphatic rings. The van der Waals surface area contributed by atoms with Crippen molar-refractivity contribution in [2.45, 2.75) is 6.54 Å². The second-order valence-corrected chi connectivity index (χ2v) is 3.89. The van der Waals surface area contributed by atoms with Crippen molar-refractivity contribution in [3.05, 3.63) is 41.4 Å². The van der Waals surface area contributed by atoms with Crippen LogP contribution in [-0.4, -0.2) is 34.8 Å². The molecule has 1 aromatic carbocycles. The molecular formula is C12H16ClNO2. The number of halogens is 1. The zero-order chi connectivity index (χ0) is 12.0. The fourth-order valence-corrected chi connectivity index (χ4v) is 1.72. The number of phenolic OH excluding ortho intramolecular Hbond substituents is 1. The Hall–Kier alpha value is -1.03. The van der Waals surface area contributed by atoms with E-state index in [2.05, 4.69) is 6.58 Å². The summed E-state index contributed by atoms with van der Waals surface area (Å²) >= 11 is 6.00. The number of nitrogens with zero attached hydrogens (tertiary/aromatic N) is 1. The second kappa shape index (κ2) is 6.53. The lowest BCUT2D eigenvalue weighted by Gasteiger charge is -2.20. The molecule has 0 saturated heterocycles. The van der Waals surface area contributed by atoms with E-state index in [0.29, 0.717) is 30.2 Å². The summed E-state index contributed by atoms with van der Waals surface area (Å²) in [5, 5.41) is 19.1. The molecule has 0 fully saturated rings. The van der Waals surface area contributed by atoms with E-state index >= 15 is 0 Å². The number of phenols is 1. The van der Waals surface area contributed by atoms with Crippen LogP contribution in [-0.2, 0) is 6.54 Å². The highest BCUT2D eigenvalue weighted by Gasteiger charge is 2.10. The second-order valence-electron chi connectivity index (χ2n) is 3.48. The van der Waals surface area contributed by atoms with Crippen LogP contribution in [0.2, 0.25) is 5.02 Å². The number of aliphatic hydroxyl groups is 1. The standard InChI is InChI=1S/C12H16ClNO2/c1-2-6-14(7-8-15)9-10-11(13)4-3-5-12(10)16/h2-5,15-16H,1,6-9H2. The van der Waals surface area contributed by atoms with Gasteiger partial charge in [0.25, 0.3) is 0 Å². The molecule has 0 radical (unpaired) electrons. The van der Waals surface area contributed by atoms with Crippen molar-refractivity contribution in [2.24, 2.45) is 0 Å². The van der Waals surface area contributed by atoms with Crippen molar-refractivity contribution >= 4 is 11.6 Å². The Labute approximate surface area is 101 Å². The number of hydrogen-bond acceptors (Lipinski definition) is 3. The minimum atomic E-state index is 0.0685. The van der Waals surface area contributed by atoms with Crippen molar-refractivity contribution in [1.29, 1.82) is 0 Å². The molecule has 4 heteroatoms. The van der Waals surface area contributed by atoms with Gasteiger partial charge in [0.1, 0.15) is 5.75 Å². The first-order valence-electron chi connectivity index (χ1n) is 5.09. The summed E-state index contributed by atoms with van der Waals surface area (Å²) in [6.45, 7) is 5.39. The molecule has 0 aliphatic heterocycles. The zero-order valence-electron chi connectivity index (χ0n) is 9.06. The molecular weight excluding hydrogens is 226 g/mol. The third kappa shape index (κ3) is 3.52. The Kier molecular flexibility index (Phi) is 5.32. The van der Waals surface area contributed by atoms with E-state index in [0.717, 1.165) is 0 Å². The number of hydrogen-bond donors (Lipinski definition) is 2. The van der Waals surface area contributed by atoms with Crippen LogP contribution in [0.5, 0.6) is 5.75 Å².